The molecule has 2 rings (SSSR count). The zero-order chi connectivity index (χ0) is 26.4. The zero-order valence-electron chi connectivity index (χ0n) is 21.6. The average molecular weight is 503 g/mol. The largest absolute Gasteiger partial charge is 0.492 e. The third-order valence-corrected chi connectivity index (χ3v) is 5.00. The van der Waals surface area contributed by atoms with Gasteiger partial charge in [-0.15, -0.1) is 0 Å². The summed E-state index contributed by atoms with van der Waals surface area (Å²) in [7, 11) is 0. The summed E-state index contributed by atoms with van der Waals surface area (Å²) in [5.41, 5.74) is 0.842. The van der Waals surface area contributed by atoms with E-state index in [9.17, 15) is 14.4 Å². The lowest BCUT2D eigenvalue weighted by atomic mass is 9.91. The first-order valence-corrected chi connectivity index (χ1v) is 12.2. The van der Waals surface area contributed by atoms with E-state index in [0.717, 1.165) is 5.56 Å². The predicted octanol–water partition coefficient (Wildman–Crippen LogP) is 3.30. The normalized spacial score (nSPS) is 15.4. The summed E-state index contributed by atoms with van der Waals surface area (Å²) in [6.45, 7) is 9.17. The molecule has 9 heteroatoms. The Bertz CT molecular complexity index is 920. The summed E-state index contributed by atoms with van der Waals surface area (Å²) in [6.07, 6.45) is 3.52. The smallest absolute Gasteiger partial charge is 0.407 e. The van der Waals surface area contributed by atoms with Crippen molar-refractivity contribution in [2.24, 2.45) is 5.92 Å². The van der Waals surface area contributed by atoms with Crippen molar-refractivity contribution in [3.05, 3.63) is 59.4 Å². The van der Waals surface area contributed by atoms with Crippen molar-refractivity contribution in [3.63, 3.8) is 0 Å². The molecule has 1 aliphatic carbocycles. The van der Waals surface area contributed by atoms with Gasteiger partial charge >= 0.3 is 6.09 Å². The van der Waals surface area contributed by atoms with E-state index >= 15 is 0 Å². The molecule has 0 fully saturated rings. The van der Waals surface area contributed by atoms with Crippen LogP contribution < -0.4 is 10.6 Å². The van der Waals surface area contributed by atoms with Crippen LogP contribution in [0.2, 0.25) is 0 Å². The van der Waals surface area contributed by atoms with Gasteiger partial charge in [0.1, 0.15) is 18.0 Å². The van der Waals surface area contributed by atoms with E-state index in [-0.39, 0.29) is 18.3 Å². The first-order valence-electron chi connectivity index (χ1n) is 12.2. The first-order chi connectivity index (χ1) is 17.2. The van der Waals surface area contributed by atoms with Crippen molar-refractivity contribution in [3.8, 4) is 0 Å². The molecule has 2 N–H and O–H groups in total. The maximum atomic E-state index is 12.8. The number of amides is 2. The van der Waals surface area contributed by atoms with Crippen LogP contribution in [0.1, 0.15) is 39.7 Å². The van der Waals surface area contributed by atoms with Gasteiger partial charge in [-0.2, -0.15) is 0 Å². The highest BCUT2D eigenvalue weighted by molar-refractivity contribution is 5.98. The second-order valence-corrected chi connectivity index (χ2v) is 9.24. The monoisotopic (exact) mass is 502 g/mol. The molecule has 36 heavy (non-hydrogen) atoms. The summed E-state index contributed by atoms with van der Waals surface area (Å²) in [5.74, 6) is -0.523. The number of allylic oxidation sites excluding steroid dienone is 3. The Hall–Kier alpha value is -3.17. The van der Waals surface area contributed by atoms with Gasteiger partial charge in [-0.1, -0.05) is 42.5 Å². The average Bonchev–Trinajstić information content (AvgIpc) is 2.83. The molecule has 0 bridgehead atoms. The molecule has 1 aromatic rings. The molecule has 1 aromatic carbocycles. The van der Waals surface area contributed by atoms with Crippen molar-refractivity contribution in [1.29, 1.82) is 0 Å². The minimum Gasteiger partial charge on any atom is -0.492 e. The Kier molecular flexibility index (Phi) is 12.2. The third-order valence-electron chi connectivity index (χ3n) is 5.00. The number of Topliss-reactive ketones (excluding diaryl/α,β-unsaturated/α-hetero) is 1. The number of rotatable bonds is 14. The molecule has 0 spiro atoms. The molecule has 198 valence electrons. The van der Waals surface area contributed by atoms with E-state index < -0.39 is 17.6 Å². The first kappa shape index (κ1) is 29.1. The summed E-state index contributed by atoms with van der Waals surface area (Å²) in [5, 5.41) is 5.47. The van der Waals surface area contributed by atoms with Gasteiger partial charge in [0.2, 0.25) is 5.91 Å². The molecule has 1 aliphatic rings. The van der Waals surface area contributed by atoms with Gasteiger partial charge in [-0.05, 0) is 39.7 Å². The molecule has 0 aliphatic heterocycles. The molecule has 0 aromatic heterocycles. The quantitative estimate of drug-likeness (QED) is 0.376. The standard InChI is InChI=1S/C27H38N2O7/c1-20(30)22-11-8-12-23(24(22)35-19-21-9-6-5-7-10-21)25(31)28-13-15-33-17-18-34-16-14-29-26(32)36-27(2,3)4/h5-11,23H,12-19H2,1-4H3,(H,28,31)(H,29,32). The van der Waals surface area contributed by atoms with Gasteiger partial charge in [0.15, 0.2) is 5.78 Å². The Morgan fingerprint density at radius 2 is 1.58 bits per heavy atom. The van der Waals surface area contributed by atoms with E-state index in [0.29, 0.717) is 57.3 Å². The van der Waals surface area contributed by atoms with Gasteiger partial charge in [0.05, 0.1) is 37.9 Å². The molecule has 0 heterocycles. The molecular formula is C27H38N2O7. The van der Waals surface area contributed by atoms with Gasteiger partial charge in [0, 0.05) is 13.1 Å². The Morgan fingerprint density at radius 1 is 0.944 bits per heavy atom. The van der Waals surface area contributed by atoms with E-state index in [4.69, 9.17) is 18.9 Å². The van der Waals surface area contributed by atoms with Crippen molar-refractivity contribution < 1.29 is 33.3 Å². The second-order valence-electron chi connectivity index (χ2n) is 9.24. The van der Waals surface area contributed by atoms with Crippen molar-refractivity contribution in [2.75, 3.05) is 39.5 Å². The van der Waals surface area contributed by atoms with Crippen LogP contribution in [0.5, 0.6) is 0 Å². The Balaban J connectivity index is 1.66. The lowest BCUT2D eigenvalue weighted by molar-refractivity contribution is -0.125. The molecule has 2 amide bonds. The van der Waals surface area contributed by atoms with Crippen molar-refractivity contribution in [2.45, 2.75) is 46.3 Å². The summed E-state index contributed by atoms with van der Waals surface area (Å²) >= 11 is 0. The zero-order valence-corrected chi connectivity index (χ0v) is 21.6. The number of hydrogen-bond acceptors (Lipinski definition) is 7. The number of ketones is 1. The highest BCUT2D eigenvalue weighted by Crippen LogP contribution is 2.28. The molecule has 0 saturated heterocycles. The van der Waals surface area contributed by atoms with E-state index in [1.807, 2.05) is 36.4 Å². The fourth-order valence-electron chi connectivity index (χ4n) is 3.36. The van der Waals surface area contributed by atoms with Crippen LogP contribution in [0.15, 0.2) is 53.8 Å². The topological polar surface area (TPSA) is 112 Å². The number of alkyl carbamates (subject to hydrolysis) is 1. The van der Waals surface area contributed by atoms with Crippen LogP contribution in [0.25, 0.3) is 0 Å². The number of ether oxygens (including phenoxy) is 4. The van der Waals surface area contributed by atoms with E-state index in [1.165, 1.54) is 6.92 Å². The summed E-state index contributed by atoms with van der Waals surface area (Å²) in [4.78, 5) is 36.5. The van der Waals surface area contributed by atoms with Gasteiger partial charge < -0.3 is 29.6 Å². The van der Waals surface area contributed by atoms with Crippen LogP contribution in [0.3, 0.4) is 0 Å². The van der Waals surface area contributed by atoms with Crippen LogP contribution in [0.4, 0.5) is 4.79 Å². The van der Waals surface area contributed by atoms with Gasteiger partial charge in [-0.25, -0.2) is 4.79 Å². The lowest BCUT2D eigenvalue weighted by Crippen LogP contribution is -2.36. The number of nitrogens with one attached hydrogen (secondary N) is 2. The SMILES string of the molecule is CC(=O)C1=C(OCc2ccccc2)C(C(=O)NCCOCCOCCNC(=O)OC(C)(C)C)CC=C1. The lowest BCUT2D eigenvalue weighted by Gasteiger charge is -2.24. The fourth-order valence-corrected chi connectivity index (χ4v) is 3.36. The van der Waals surface area contributed by atoms with Crippen LogP contribution >= 0.6 is 0 Å². The summed E-state index contributed by atoms with van der Waals surface area (Å²) < 4.78 is 22.0. The van der Waals surface area contributed by atoms with E-state index in [1.54, 1.807) is 26.8 Å². The molecular weight excluding hydrogens is 464 g/mol. The summed E-state index contributed by atoms with van der Waals surface area (Å²) in [6, 6.07) is 9.61. The molecule has 0 saturated carbocycles. The van der Waals surface area contributed by atoms with Gasteiger partial charge in [0.25, 0.3) is 0 Å². The fraction of sp³-hybridized carbons (Fsp3) is 0.519. The number of hydrogen-bond donors (Lipinski definition) is 2. The number of carbonyl (C=O) groups is 3. The third kappa shape index (κ3) is 11.0. The van der Waals surface area contributed by atoms with Crippen LogP contribution in [-0.4, -0.2) is 62.9 Å². The molecule has 0 radical (unpaired) electrons. The predicted molar refractivity (Wildman–Crippen MR) is 135 cm³/mol. The Morgan fingerprint density at radius 3 is 2.19 bits per heavy atom. The minimum atomic E-state index is -0.571. The van der Waals surface area contributed by atoms with Crippen molar-refractivity contribution in [1.82, 2.24) is 10.6 Å². The molecule has 1 atom stereocenters. The highest BCUT2D eigenvalue weighted by atomic mass is 16.6. The van der Waals surface area contributed by atoms with E-state index in [2.05, 4.69) is 10.6 Å². The molecule has 1 unspecified atom stereocenters. The van der Waals surface area contributed by atoms with Crippen LogP contribution in [0, 0.1) is 5.92 Å². The minimum absolute atomic E-state index is 0.142. The van der Waals surface area contributed by atoms with Crippen molar-refractivity contribution >= 4 is 17.8 Å². The van der Waals surface area contributed by atoms with Gasteiger partial charge in [-0.3, -0.25) is 9.59 Å². The second kappa shape index (κ2) is 15.1. The number of benzene rings is 1. The van der Waals surface area contributed by atoms with Crippen LogP contribution in [-0.2, 0) is 35.1 Å². The highest BCUT2D eigenvalue weighted by Gasteiger charge is 2.29. The maximum Gasteiger partial charge on any atom is 0.407 e. The number of carbonyl (C=O) groups excluding carboxylic acids is 3. The maximum absolute atomic E-state index is 12.8. The molecule has 9 nitrogen and oxygen atoms in total. The Labute approximate surface area is 213 Å².